The third-order valence-electron chi connectivity index (χ3n) is 3.45. The van der Waals surface area contributed by atoms with Gasteiger partial charge in [0.25, 0.3) is 5.91 Å². The number of thioether (sulfide) groups is 1. The second-order valence-electron chi connectivity index (χ2n) is 5.59. The zero-order chi connectivity index (χ0) is 17.9. The van der Waals surface area contributed by atoms with E-state index in [-0.39, 0.29) is 11.2 Å². The molecule has 0 spiro atoms. The number of hydrazone groups is 1. The number of hydrogen-bond acceptors (Lipinski definition) is 4. The quantitative estimate of drug-likeness (QED) is 0.540. The fraction of sp³-hybridized carbons (Fsp3) is 0.300. The van der Waals surface area contributed by atoms with Crippen molar-refractivity contribution in [2.24, 2.45) is 5.10 Å². The maximum atomic E-state index is 12.1. The second-order valence-corrected chi connectivity index (χ2v) is 6.92. The molecule has 0 aromatic heterocycles. The fourth-order valence-electron chi connectivity index (χ4n) is 2.00. The summed E-state index contributed by atoms with van der Waals surface area (Å²) in [4.78, 5) is 12.1. The van der Waals surface area contributed by atoms with Crippen molar-refractivity contribution >= 4 is 23.9 Å². The lowest BCUT2D eigenvalue weighted by atomic mass is 10.2. The van der Waals surface area contributed by atoms with Crippen molar-refractivity contribution in [3.63, 3.8) is 0 Å². The highest BCUT2D eigenvalue weighted by atomic mass is 32.2. The van der Waals surface area contributed by atoms with Crippen molar-refractivity contribution in [1.29, 1.82) is 0 Å². The number of ether oxygens (including phenoxy) is 1. The molecular weight excluding hydrogens is 332 g/mol. The molecule has 25 heavy (non-hydrogen) atoms. The van der Waals surface area contributed by atoms with Crippen molar-refractivity contribution in [2.45, 2.75) is 31.3 Å². The van der Waals surface area contributed by atoms with Gasteiger partial charge in [-0.3, -0.25) is 4.79 Å². The van der Waals surface area contributed by atoms with Crippen LogP contribution in [0.3, 0.4) is 0 Å². The first-order valence-electron chi connectivity index (χ1n) is 8.40. The van der Waals surface area contributed by atoms with Gasteiger partial charge in [0.15, 0.2) is 0 Å². The van der Waals surface area contributed by atoms with Gasteiger partial charge in [-0.05, 0) is 48.7 Å². The van der Waals surface area contributed by atoms with Crippen LogP contribution in [0.2, 0.25) is 0 Å². The minimum absolute atomic E-state index is 0.0971. The molecule has 0 aliphatic carbocycles. The molecule has 2 aromatic rings. The van der Waals surface area contributed by atoms with Gasteiger partial charge < -0.3 is 4.74 Å². The highest BCUT2D eigenvalue weighted by Crippen LogP contribution is 2.17. The zero-order valence-electron chi connectivity index (χ0n) is 14.6. The molecule has 0 radical (unpaired) electrons. The number of amides is 1. The summed E-state index contributed by atoms with van der Waals surface area (Å²) in [5.74, 6) is 1.55. The first-order valence-corrected chi connectivity index (χ1v) is 9.45. The Labute approximate surface area is 153 Å². The topological polar surface area (TPSA) is 50.7 Å². The van der Waals surface area contributed by atoms with Gasteiger partial charge in [0.1, 0.15) is 5.75 Å². The van der Waals surface area contributed by atoms with Crippen LogP contribution in [0.1, 0.15) is 31.4 Å². The zero-order valence-corrected chi connectivity index (χ0v) is 15.5. The van der Waals surface area contributed by atoms with E-state index in [9.17, 15) is 4.79 Å². The highest BCUT2D eigenvalue weighted by molar-refractivity contribution is 7.99. The van der Waals surface area contributed by atoms with Crippen LogP contribution in [-0.4, -0.2) is 24.0 Å². The summed E-state index contributed by atoms with van der Waals surface area (Å²) in [5.41, 5.74) is 4.71. The molecule has 1 N–H and O–H groups in total. The van der Waals surface area contributed by atoms with Crippen molar-refractivity contribution in [2.75, 3.05) is 6.61 Å². The van der Waals surface area contributed by atoms with Gasteiger partial charge >= 0.3 is 0 Å². The molecule has 2 rings (SSSR count). The van der Waals surface area contributed by atoms with E-state index in [4.69, 9.17) is 4.74 Å². The van der Waals surface area contributed by atoms with Crippen LogP contribution in [0, 0.1) is 0 Å². The maximum Gasteiger partial charge on any atom is 0.252 e. The number of carbonyl (C=O) groups is 1. The number of rotatable bonds is 9. The van der Waals surface area contributed by atoms with Gasteiger partial charge in [0.05, 0.1) is 18.1 Å². The second kappa shape index (κ2) is 10.6. The van der Waals surface area contributed by atoms with Crippen LogP contribution in [0.4, 0.5) is 0 Å². The van der Waals surface area contributed by atoms with Gasteiger partial charge in [-0.1, -0.05) is 37.3 Å². The number of hydrogen-bond donors (Lipinski definition) is 1. The van der Waals surface area contributed by atoms with E-state index >= 15 is 0 Å². The SMILES string of the molecule is CCCOc1ccc(/C=N\NC(=O)[C@H](C)SCc2ccccc2)cc1. The Morgan fingerprint density at radius 3 is 2.60 bits per heavy atom. The molecule has 0 unspecified atom stereocenters. The van der Waals surface area contributed by atoms with Crippen LogP contribution >= 0.6 is 11.8 Å². The van der Waals surface area contributed by atoms with Crippen molar-refractivity contribution in [3.8, 4) is 5.75 Å². The lowest BCUT2D eigenvalue weighted by molar-refractivity contribution is -0.120. The van der Waals surface area contributed by atoms with Crippen LogP contribution < -0.4 is 10.2 Å². The summed E-state index contributed by atoms with van der Waals surface area (Å²) in [7, 11) is 0. The van der Waals surface area contributed by atoms with Crippen molar-refractivity contribution in [1.82, 2.24) is 5.43 Å². The van der Waals surface area contributed by atoms with Crippen LogP contribution in [-0.2, 0) is 10.5 Å². The Bertz CT molecular complexity index is 672. The Hall–Kier alpha value is -2.27. The summed E-state index contributed by atoms with van der Waals surface area (Å²) >= 11 is 1.59. The molecule has 132 valence electrons. The molecule has 0 bridgehead atoms. The Kier molecular flexibility index (Phi) is 8.05. The Morgan fingerprint density at radius 2 is 1.92 bits per heavy atom. The standard InChI is InChI=1S/C20H24N2O2S/c1-3-13-24-19-11-9-17(10-12-19)14-21-22-20(23)16(2)25-15-18-7-5-4-6-8-18/h4-12,14,16H,3,13,15H2,1-2H3,(H,22,23)/b21-14-/t16-/m0/s1. The predicted molar refractivity (Wildman–Crippen MR) is 105 cm³/mol. The summed E-state index contributed by atoms with van der Waals surface area (Å²) in [6.07, 6.45) is 2.62. The number of benzene rings is 2. The minimum Gasteiger partial charge on any atom is -0.494 e. The summed E-state index contributed by atoms with van der Waals surface area (Å²) < 4.78 is 5.53. The molecule has 0 aliphatic rings. The van der Waals surface area contributed by atoms with Gasteiger partial charge in [-0.25, -0.2) is 5.43 Å². The number of carbonyl (C=O) groups excluding carboxylic acids is 1. The molecule has 5 heteroatoms. The van der Waals surface area contributed by atoms with Gasteiger partial charge in [-0.2, -0.15) is 5.10 Å². The van der Waals surface area contributed by atoms with Crippen LogP contribution in [0.25, 0.3) is 0 Å². The summed E-state index contributed by atoms with van der Waals surface area (Å²) in [6, 6.07) is 17.7. The van der Waals surface area contributed by atoms with E-state index in [1.54, 1.807) is 18.0 Å². The van der Waals surface area contributed by atoms with Gasteiger partial charge in [-0.15, -0.1) is 11.8 Å². The van der Waals surface area contributed by atoms with Crippen LogP contribution in [0.15, 0.2) is 59.7 Å². The molecule has 2 aromatic carbocycles. The lowest BCUT2D eigenvalue weighted by Gasteiger charge is -2.09. The van der Waals surface area contributed by atoms with E-state index in [1.165, 1.54) is 5.56 Å². The molecule has 1 atom stereocenters. The first kappa shape index (κ1) is 19.1. The monoisotopic (exact) mass is 356 g/mol. The van der Waals surface area contributed by atoms with Gasteiger partial charge in [0, 0.05) is 5.75 Å². The van der Waals surface area contributed by atoms with E-state index in [1.807, 2.05) is 49.4 Å². The Morgan fingerprint density at radius 1 is 1.20 bits per heavy atom. The molecule has 0 saturated heterocycles. The Balaban J connectivity index is 1.75. The molecule has 0 aliphatic heterocycles. The van der Waals surface area contributed by atoms with Gasteiger partial charge in [0.2, 0.25) is 0 Å². The molecule has 1 amide bonds. The molecule has 4 nitrogen and oxygen atoms in total. The molecule has 0 heterocycles. The fourth-order valence-corrected chi connectivity index (χ4v) is 2.84. The van der Waals surface area contributed by atoms with E-state index in [0.717, 1.165) is 23.5 Å². The number of nitrogens with zero attached hydrogens (tertiary/aromatic N) is 1. The predicted octanol–water partition coefficient (Wildman–Crippen LogP) is 4.25. The van der Waals surface area contributed by atoms with Crippen molar-refractivity contribution < 1.29 is 9.53 Å². The molecule has 0 saturated carbocycles. The van der Waals surface area contributed by atoms with Crippen LogP contribution in [0.5, 0.6) is 5.75 Å². The third kappa shape index (κ3) is 7.01. The average Bonchev–Trinajstić information content (AvgIpc) is 2.66. The third-order valence-corrected chi connectivity index (χ3v) is 4.67. The van der Waals surface area contributed by atoms with E-state index in [0.29, 0.717) is 6.61 Å². The average molecular weight is 356 g/mol. The first-order chi connectivity index (χ1) is 12.2. The largest absolute Gasteiger partial charge is 0.494 e. The smallest absolute Gasteiger partial charge is 0.252 e. The van der Waals surface area contributed by atoms with E-state index < -0.39 is 0 Å². The lowest BCUT2D eigenvalue weighted by Crippen LogP contribution is -2.26. The summed E-state index contributed by atoms with van der Waals surface area (Å²) in [6.45, 7) is 4.67. The normalized spacial score (nSPS) is 12.1. The highest BCUT2D eigenvalue weighted by Gasteiger charge is 2.12. The maximum absolute atomic E-state index is 12.1. The van der Waals surface area contributed by atoms with Crippen molar-refractivity contribution in [3.05, 3.63) is 65.7 Å². The number of nitrogens with one attached hydrogen (secondary N) is 1. The summed E-state index contributed by atoms with van der Waals surface area (Å²) in [5, 5.41) is 3.87. The minimum atomic E-state index is -0.165. The molecule has 0 fully saturated rings. The molecular formula is C20H24N2O2S. The van der Waals surface area contributed by atoms with E-state index in [2.05, 4.69) is 29.6 Å².